The van der Waals surface area contributed by atoms with Crippen LogP contribution in [-0.2, 0) is 6.54 Å². The van der Waals surface area contributed by atoms with Crippen molar-refractivity contribution in [2.45, 2.75) is 13.5 Å². The molecule has 0 saturated carbocycles. The average Bonchev–Trinajstić information content (AvgIpc) is 2.38. The summed E-state index contributed by atoms with van der Waals surface area (Å²) in [6, 6.07) is 11.8. The second-order valence-electron chi connectivity index (χ2n) is 3.94. The van der Waals surface area contributed by atoms with Crippen LogP contribution >= 0.6 is 0 Å². The largest absolute Gasteiger partial charge is 0.365 e. The van der Waals surface area contributed by atoms with Crippen molar-refractivity contribution in [1.82, 2.24) is 4.98 Å². The zero-order valence-electron chi connectivity index (χ0n) is 9.94. The Bertz CT molecular complexity index is 585. The molecule has 1 aromatic carbocycles. The molecule has 0 fully saturated rings. The zero-order chi connectivity index (χ0) is 13.0. The monoisotopic (exact) mass is 241 g/mol. The van der Waals surface area contributed by atoms with E-state index in [9.17, 15) is 4.39 Å². The maximum absolute atomic E-state index is 12.7. The second kappa shape index (κ2) is 5.28. The summed E-state index contributed by atoms with van der Waals surface area (Å²) in [5.41, 5.74) is 2.28. The first kappa shape index (κ1) is 12.1. The quantitative estimate of drug-likeness (QED) is 0.898. The highest BCUT2D eigenvalue weighted by molar-refractivity contribution is 5.52. The topological polar surface area (TPSA) is 48.7 Å². The van der Waals surface area contributed by atoms with Gasteiger partial charge in [-0.3, -0.25) is 0 Å². The number of hydrogen-bond acceptors (Lipinski definition) is 3. The molecule has 90 valence electrons. The molecule has 4 heteroatoms. The van der Waals surface area contributed by atoms with Gasteiger partial charge in [-0.15, -0.1) is 0 Å². The lowest BCUT2D eigenvalue weighted by molar-refractivity contribution is 0.627. The molecule has 0 atom stereocenters. The number of rotatable bonds is 3. The van der Waals surface area contributed by atoms with Gasteiger partial charge in [0, 0.05) is 12.2 Å². The van der Waals surface area contributed by atoms with Crippen LogP contribution in [-0.4, -0.2) is 4.98 Å². The van der Waals surface area contributed by atoms with E-state index in [0.29, 0.717) is 17.9 Å². The van der Waals surface area contributed by atoms with Crippen molar-refractivity contribution in [2.75, 3.05) is 5.32 Å². The fourth-order valence-electron chi connectivity index (χ4n) is 1.57. The normalized spacial score (nSPS) is 9.83. The van der Waals surface area contributed by atoms with Crippen LogP contribution in [0.4, 0.5) is 10.2 Å². The van der Waals surface area contributed by atoms with Crippen LogP contribution in [0.2, 0.25) is 0 Å². The minimum Gasteiger partial charge on any atom is -0.365 e. The number of anilines is 1. The van der Waals surface area contributed by atoms with Gasteiger partial charge in [0.25, 0.3) is 0 Å². The van der Waals surface area contributed by atoms with Crippen molar-refractivity contribution in [1.29, 1.82) is 5.26 Å². The van der Waals surface area contributed by atoms with Gasteiger partial charge >= 0.3 is 0 Å². The molecule has 0 aliphatic heterocycles. The molecule has 0 aliphatic carbocycles. The van der Waals surface area contributed by atoms with Gasteiger partial charge in [-0.05, 0) is 36.8 Å². The predicted octanol–water partition coefficient (Wildman–Crippen LogP) is 3.01. The Balaban J connectivity index is 2.13. The molecule has 0 saturated heterocycles. The lowest BCUT2D eigenvalue weighted by Gasteiger charge is -2.08. The first-order chi connectivity index (χ1) is 8.69. The molecule has 0 radical (unpaired) electrons. The first-order valence-corrected chi connectivity index (χ1v) is 5.55. The molecule has 1 aromatic heterocycles. The van der Waals surface area contributed by atoms with Crippen molar-refractivity contribution in [2.24, 2.45) is 0 Å². The van der Waals surface area contributed by atoms with Crippen molar-refractivity contribution in [3.8, 4) is 6.07 Å². The minimum atomic E-state index is -0.259. The summed E-state index contributed by atoms with van der Waals surface area (Å²) in [5, 5.41) is 12.0. The van der Waals surface area contributed by atoms with Crippen molar-refractivity contribution < 1.29 is 4.39 Å². The first-order valence-electron chi connectivity index (χ1n) is 5.55. The third-order valence-corrected chi connectivity index (χ3v) is 2.53. The fraction of sp³-hybridized carbons (Fsp3) is 0.143. The van der Waals surface area contributed by atoms with Crippen LogP contribution in [0.1, 0.15) is 16.8 Å². The van der Waals surface area contributed by atoms with Crippen LogP contribution in [0.25, 0.3) is 0 Å². The van der Waals surface area contributed by atoms with E-state index in [1.54, 1.807) is 24.3 Å². The van der Waals surface area contributed by atoms with Crippen LogP contribution in [0.3, 0.4) is 0 Å². The van der Waals surface area contributed by atoms with E-state index in [0.717, 1.165) is 11.3 Å². The van der Waals surface area contributed by atoms with Gasteiger partial charge in [0.2, 0.25) is 0 Å². The molecular weight excluding hydrogens is 229 g/mol. The van der Waals surface area contributed by atoms with Gasteiger partial charge in [-0.1, -0.05) is 12.1 Å². The standard InChI is InChI=1S/C14H12FN3/c1-10-2-5-12(8-16)14(18-10)17-9-11-3-6-13(15)7-4-11/h2-7H,9H2,1H3,(H,17,18). The third-order valence-electron chi connectivity index (χ3n) is 2.53. The van der Waals surface area contributed by atoms with E-state index in [1.165, 1.54) is 12.1 Å². The SMILES string of the molecule is Cc1ccc(C#N)c(NCc2ccc(F)cc2)n1. The van der Waals surface area contributed by atoms with Gasteiger partial charge in [0.1, 0.15) is 17.7 Å². The minimum absolute atomic E-state index is 0.259. The molecule has 1 heterocycles. The molecule has 0 bridgehead atoms. The van der Waals surface area contributed by atoms with Gasteiger partial charge in [0.05, 0.1) is 5.56 Å². The molecule has 0 spiro atoms. The van der Waals surface area contributed by atoms with Crippen LogP contribution in [0.5, 0.6) is 0 Å². The van der Waals surface area contributed by atoms with Crippen molar-refractivity contribution in [3.05, 3.63) is 59.0 Å². The molecule has 18 heavy (non-hydrogen) atoms. The highest BCUT2D eigenvalue weighted by Gasteiger charge is 2.03. The van der Waals surface area contributed by atoms with Gasteiger partial charge in [-0.2, -0.15) is 5.26 Å². The molecule has 1 N–H and O–H groups in total. The molecular formula is C14H12FN3. The lowest BCUT2D eigenvalue weighted by atomic mass is 10.2. The fourth-order valence-corrected chi connectivity index (χ4v) is 1.57. The van der Waals surface area contributed by atoms with Gasteiger partial charge in [-0.25, -0.2) is 9.37 Å². The maximum Gasteiger partial charge on any atom is 0.144 e. The Morgan fingerprint density at radius 2 is 1.94 bits per heavy atom. The lowest BCUT2D eigenvalue weighted by Crippen LogP contribution is -2.04. The highest BCUT2D eigenvalue weighted by Crippen LogP contribution is 2.13. The summed E-state index contributed by atoms with van der Waals surface area (Å²) in [7, 11) is 0. The predicted molar refractivity (Wildman–Crippen MR) is 67.4 cm³/mol. The van der Waals surface area contributed by atoms with Crippen LogP contribution < -0.4 is 5.32 Å². The Morgan fingerprint density at radius 3 is 2.61 bits per heavy atom. The van der Waals surface area contributed by atoms with E-state index in [4.69, 9.17) is 5.26 Å². The number of nitriles is 1. The van der Waals surface area contributed by atoms with E-state index in [2.05, 4.69) is 16.4 Å². The number of nitrogens with one attached hydrogen (secondary N) is 1. The molecule has 0 amide bonds. The van der Waals surface area contributed by atoms with Crippen molar-refractivity contribution >= 4 is 5.82 Å². The van der Waals surface area contributed by atoms with E-state index >= 15 is 0 Å². The Labute approximate surface area is 105 Å². The van der Waals surface area contributed by atoms with E-state index in [-0.39, 0.29) is 5.82 Å². The van der Waals surface area contributed by atoms with Crippen LogP contribution in [0.15, 0.2) is 36.4 Å². The van der Waals surface area contributed by atoms with Crippen LogP contribution in [0, 0.1) is 24.1 Å². The summed E-state index contributed by atoms with van der Waals surface area (Å²) in [6.45, 7) is 2.37. The Hall–Kier alpha value is -2.41. The number of hydrogen-bond donors (Lipinski definition) is 1. The molecule has 0 aliphatic rings. The summed E-state index contributed by atoms with van der Waals surface area (Å²) in [4.78, 5) is 4.27. The smallest absolute Gasteiger partial charge is 0.144 e. The average molecular weight is 241 g/mol. The molecule has 3 nitrogen and oxygen atoms in total. The summed E-state index contributed by atoms with van der Waals surface area (Å²) < 4.78 is 12.7. The summed E-state index contributed by atoms with van der Waals surface area (Å²) in [5.74, 6) is 0.298. The van der Waals surface area contributed by atoms with Gasteiger partial charge in [0.15, 0.2) is 0 Å². The Morgan fingerprint density at radius 1 is 1.22 bits per heavy atom. The number of aryl methyl sites for hydroxylation is 1. The Kier molecular flexibility index (Phi) is 3.54. The van der Waals surface area contributed by atoms with E-state index < -0.39 is 0 Å². The maximum atomic E-state index is 12.7. The number of halogens is 1. The summed E-state index contributed by atoms with van der Waals surface area (Å²) in [6.07, 6.45) is 0. The number of benzene rings is 1. The van der Waals surface area contributed by atoms with E-state index in [1.807, 2.05) is 6.92 Å². The number of nitrogens with zero attached hydrogens (tertiary/aromatic N) is 2. The third kappa shape index (κ3) is 2.83. The summed E-state index contributed by atoms with van der Waals surface area (Å²) >= 11 is 0. The van der Waals surface area contributed by atoms with Gasteiger partial charge < -0.3 is 5.32 Å². The van der Waals surface area contributed by atoms with Crippen molar-refractivity contribution in [3.63, 3.8) is 0 Å². The zero-order valence-corrected chi connectivity index (χ0v) is 9.94. The number of aromatic nitrogens is 1. The molecule has 2 rings (SSSR count). The number of pyridine rings is 1. The molecule has 0 unspecified atom stereocenters. The highest BCUT2D eigenvalue weighted by atomic mass is 19.1. The molecule has 2 aromatic rings. The second-order valence-corrected chi connectivity index (χ2v) is 3.94.